The summed E-state index contributed by atoms with van der Waals surface area (Å²) in [5.41, 5.74) is 4.78. The van der Waals surface area contributed by atoms with Gasteiger partial charge >= 0.3 is 5.97 Å². The fraction of sp³-hybridized carbons (Fsp3) is 0.214. The van der Waals surface area contributed by atoms with Crippen LogP contribution in [0, 0.1) is 0 Å². The highest BCUT2D eigenvalue weighted by Gasteiger charge is 2.27. The van der Waals surface area contributed by atoms with Gasteiger partial charge in [-0.25, -0.2) is 9.48 Å². The highest BCUT2D eigenvalue weighted by atomic mass is 32.1. The third-order valence-corrected chi connectivity index (χ3v) is 7.21. The molecule has 0 unspecified atom stereocenters. The summed E-state index contributed by atoms with van der Waals surface area (Å²) >= 11 is 1.48. The van der Waals surface area contributed by atoms with Crippen LogP contribution >= 0.6 is 11.3 Å². The zero-order valence-corrected chi connectivity index (χ0v) is 20.8. The molecule has 1 aliphatic carbocycles. The molecule has 0 fully saturated rings. The van der Waals surface area contributed by atoms with Crippen molar-refractivity contribution in [3.05, 3.63) is 88.7 Å². The second-order valence-electron chi connectivity index (χ2n) is 8.41. The number of benzene rings is 1. The minimum Gasteiger partial charge on any atom is -0.462 e. The van der Waals surface area contributed by atoms with Crippen molar-refractivity contribution in [2.24, 2.45) is 0 Å². The van der Waals surface area contributed by atoms with Gasteiger partial charge in [-0.2, -0.15) is 5.10 Å². The number of nitrogens with one attached hydrogen (secondary N) is 1. The van der Waals surface area contributed by atoms with E-state index >= 15 is 0 Å². The molecular weight excluding hydrogens is 472 g/mol. The summed E-state index contributed by atoms with van der Waals surface area (Å²) in [7, 11) is 0. The molecular formula is C28H26N4O3S. The number of ether oxygens (including phenoxy) is 1. The van der Waals surface area contributed by atoms with E-state index in [9.17, 15) is 9.59 Å². The van der Waals surface area contributed by atoms with Gasteiger partial charge in [0.05, 0.1) is 17.9 Å². The highest BCUT2D eigenvalue weighted by molar-refractivity contribution is 7.17. The Morgan fingerprint density at radius 1 is 1.14 bits per heavy atom. The summed E-state index contributed by atoms with van der Waals surface area (Å²) in [4.78, 5) is 31.0. The van der Waals surface area contributed by atoms with Crippen molar-refractivity contribution in [2.45, 2.75) is 32.6 Å². The average Bonchev–Trinajstić information content (AvgIpc) is 3.50. The molecule has 3 aromatic heterocycles. The molecule has 1 N–H and O–H groups in total. The van der Waals surface area contributed by atoms with Crippen molar-refractivity contribution in [3.8, 4) is 16.9 Å². The molecule has 1 aliphatic rings. The Balaban J connectivity index is 1.44. The van der Waals surface area contributed by atoms with Crippen LogP contribution in [0.3, 0.4) is 0 Å². The number of amides is 1. The second-order valence-corrected chi connectivity index (χ2v) is 9.52. The summed E-state index contributed by atoms with van der Waals surface area (Å²) in [5, 5.41) is 8.23. The molecule has 4 aromatic rings. The monoisotopic (exact) mass is 498 g/mol. The van der Waals surface area contributed by atoms with Gasteiger partial charge in [-0.1, -0.05) is 18.2 Å². The van der Waals surface area contributed by atoms with Crippen LogP contribution in [-0.4, -0.2) is 33.2 Å². The Labute approximate surface area is 213 Å². The summed E-state index contributed by atoms with van der Waals surface area (Å²) in [6, 6.07) is 13.6. The van der Waals surface area contributed by atoms with Crippen molar-refractivity contribution < 1.29 is 14.3 Å². The van der Waals surface area contributed by atoms with E-state index in [0.29, 0.717) is 17.2 Å². The smallest absolute Gasteiger partial charge is 0.341 e. The van der Waals surface area contributed by atoms with E-state index in [1.807, 2.05) is 48.7 Å². The molecule has 0 atom stereocenters. The van der Waals surface area contributed by atoms with E-state index in [1.165, 1.54) is 17.4 Å². The van der Waals surface area contributed by atoms with Gasteiger partial charge in [0.15, 0.2) is 0 Å². The molecule has 1 amide bonds. The first kappa shape index (κ1) is 23.7. The molecule has 182 valence electrons. The van der Waals surface area contributed by atoms with E-state index in [4.69, 9.17) is 9.84 Å². The highest BCUT2D eigenvalue weighted by Crippen LogP contribution is 2.38. The van der Waals surface area contributed by atoms with Crippen molar-refractivity contribution in [3.63, 3.8) is 0 Å². The number of rotatable bonds is 7. The predicted octanol–water partition coefficient (Wildman–Crippen LogP) is 5.70. The number of anilines is 1. The lowest BCUT2D eigenvalue weighted by Gasteiger charge is -2.12. The van der Waals surface area contributed by atoms with Crippen LogP contribution in [0.2, 0.25) is 0 Å². The summed E-state index contributed by atoms with van der Waals surface area (Å²) in [6.45, 7) is 2.08. The fourth-order valence-electron chi connectivity index (χ4n) is 4.34. The SMILES string of the molecule is CCOC(=O)c1c(NC(=O)/C=C/c2cn(-c3ccccc3)nc2-c2cccnc2)sc2c1CCCC2. The van der Waals surface area contributed by atoms with E-state index < -0.39 is 0 Å². The Bertz CT molecular complexity index is 1410. The number of carbonyl (C=O) groups is 2. The number of pyridine rings is 1. The molecule has 1 aromatic carbocycles. The van der Waals surface area contributed by atoms with Crippen LogP contribution in [0.1, 0.15) is 46.1 Å². The van der Waals surface area contributed by atoms with E-state index in [-0.39, 0.29) is 11.9 Å². The van der Waals surface area contributed by atoms with Crippen LogP contribution in [-0.2, 0) is 22.4 Å². The summed E-state index contributed by atoms with van der Waals surface area (Å²) < 4.78 is 7.08. The topological polar surface area (TPSA) is 86.1 Å². The number of nitrogens with zero attached hydrogens (tertiary/aromatic N) is 3. The summed E-state index contributed by atoms with van der Waals surface area (Å²) in [6.07, 6.45) is 12.4. The molecule has 0 aliphatic heterocycles. The zero-order valence-electron chi connectivity index (χ0n) is 19.9. The molecule has 0 spiro atoms. The number of fused-ring (bicyclic) bond motifs is 1. The zero-order chi connectivity index (χ0) is 24.9. The summed E-state index contributed by atoms with van der Waals surface area (Å²) in [5.74, 6) is -0.692. The van der Waals surface area contributed by atoms with Gasteiger partial charge < -0.3 is 10.1 Å². The molecule has 0 saturated heterocycles. The molecule has 36 heavy (non-hydrogen) atoms. The standard InChI is InChI=1S/C28H26N4O3S/c1-2-35-28(34)25-22-12-6-7-13-23(22)36-27(25)30-24(33)15-14-20-18-32(21-10-4-3-5-11-21)31-26(20)19-9-8-16-29-17-19/h3-5,8-11,14-18H,2,6-7,12-13H2,1H3,(H,30,33)/b15-14+. The normalized spacial score (nSPS) is 12.9. The lowest BCUT2D eigenvalue weighted by Crippen LogP contribution is -2.14. The Morgan fingerprint density at radius 3 is 2.75 bits per heavy atom. The molecule has 3 heterocycles. The minimum atomic E-state index is -0.376. The largest absolute Gasteiger partial charge is 0.462 e. The maximum Gasteiger partial charge on any atom is 0.341 e. The number of thiophene rings is 1. The molecule has 0 bridgehead atoms. The first-order valence-electron chi connectivity index (χ1n) is 12.0. The first-order chi connectivity index (χ1) is 17.6. The number of esters is 1. The second kappa shape index (κ2) is 10.7. The van der Waals surface area contributed by atoms with Crippen molar-refractivity contribution in [2.75, 3.05) is 11.9 Å². The third-order valence-electron chi connectivity index (χ3n) is 6.00. The molecule has 0 saturated carbocycles. The molecule has 0 radical (unpaired) electrons. The van der Waals surface area contributed by atoms with Crippen molar-refractivity contribution in [1.82, 2.24) is 14.8 Å². The van der Waals surface area contributed by atoms with Gasteiger partial charge in [0, 0.05) is 40.7 Å². The quantitative estimate of drug-likeness (QED) is 0.261. The number of aryl methyl sites for hydroxylation is 1. The fourth-order valence-corrected chi connectivity index (χ4v) is 5.62. The predicted molar refractivity (Wildman–Crippen MR) is 141 cm³/mol. The Hall–Kier alpha value is -4.04. The maximum absolute atomic E-state index is 13.0. The molecule has 8 heteroatoms. The Morgan fingerprint density at radius 2 is 1.97 bits per heavy atom. The number of para-hydroxylation sites is 1. The molecule has 7 nitrogen and oxygen atoms in total. The number of carbonyl (C=O) groups excluding carboxylic acids is 2. The Kier molecular flexibility index (Phi) is 7.04. The number of hydrogen-bond donors (Lipinski definition) is 1. The van der Waals surface area contributed by atoms with Crippen molar-refractivity contribution in [1.29, 1.82) is 0 Å². The van der Waals surface area contributed by atoms with Gasteiger partial charge in [-0.15, -0.1) is 11.3 Å². The average molecular weight is 499 g/mol. The van der Waals surface area contributed by atoms with Gasteiger partial charge in [0.1, 0.15) is 10.7 Å². The number of hydrogen-bond acceptors (Lipinski definition) is 6. The minimum absolute atomic E-state index is 0.291. The first-order valence-corrected chi connectivity index (χ1v) is 12.8. The lowest BCUT2D eigenvalue weighted by atomic mass is 9.95. The van der Waals surface area contributed by atoms with Crippen LogP contribution < -0.4 is 5.32 Å². The van der Waals surface area contributed by atoms with Gasteiger partial charge in [0.2, 0.25) is 5.91 Å². The van der Waals surface area contributed by atoms with Crippen molar-refractivity contribution >= 4 is 34.3 Å². The van der Waals surface area contributed by atoms with Gasteiger partial charge in [0.25, 0.3) is 0 Å². The van der Waals surface area contributed by atoms with Crippen LogP contribution in [0.25, 0.3) is 23.0 Å². The van der Waals surface area contributed by atoms with E-state index in [1.54, 1.807) is 30.1 Å². The van der Waals surface area contributed by atoms with Crippen LogP contribution in [0.5, 0.6) is 0 Å². The lowest BCUT2D eigenvalue weighted by molar-refractivity contribution is -0.111. The molecule has 5 rings (SSSR count). The van der Waals surface area contributed by atoms with Crippen LogP contribution in [0.4, 0.5) is 5.00 Å². The van der Waals surface area contributed by atoms with Gasteiger partial charge in [-0.3, -0.25) is 9.78 Å². The van der Waals surface area contributed by atoms with E-state index in [0.717, 1.165) is 58.6 Å². The third kappa shape index (κ3) is 4.99. The van der Waals surface area contributed by atoms with Crippen LogP contribution in [0.15, 0.2) is 67.1 Å². The maximum atomic E-state index is 13.0. The number of aromatic nitrogens is 3. The van der Waals surface area contributed by atoms with E-state index in [2.05, 4.69) is 10.3 Å². The van der Waals surface area contributed by atoms with Gasteiger partial charge in [-0.05, 0) is 68.5 Å².